The molecule has 0 atom stereocenters. The predicted molar refractivity (Wildman–Crippen MR) is 125 cm³/mol. The molecule has 1 aliphatic rings. The van der Waals surface area contributed by atoms with Crippen molar-refractivity contribution in [1.82, 2.24) is 0 Å². The zero-order valence-electron chi connectivity index (χ0n) is 15.1. The van der Waals surface area contributed by atoms with Crippen LogP contribution < -0.4 is 4.74 Å². The van der Waals surface area contributed by atoms with E-state index in [2.05, 4.69) is 43.5 Å². The molecule has 3 aromatic rings. The second kappa shape index (κ2) is 8.92. The van der Waals surface area contributed by atoms with Crippen molar-refractivity contribution in [2.45, 2.75) is 6.61 Å². The number of rotatable bonds is 5. The van der Waals surface area contributed by atoms with Gasteiger partial charge in [-0.05, 0) is 86.1 Å². The molecule has 0 N–H and O–H groups in total. The van der Waals surface area contributed by atoms with Crippen LogP contribution in [-0.4, -0.2) is 11.9 Å². The molecule has 0 aliphatic carbocycles. The normalized spacial score (nSPS) is 14.6. The number of ether oxygens (including phenoxy) is 2. The van der Waals surface area contributed by atoms with Gasteiger partial charge >= 0.3 is 5.97 Å². The molecule has 144 valence electrons. The highest BCUT2D eigenvalue weighted by molar-refractivity contribution is 14.1. The Morgan fingerprint density at radius 3 is 2.66 bits per heavy atom. The molecule has 4 nitrogen and oxygen atoms in total. The van der Waals surface area contributed by atoms with Gasteiger partial charge in [-0.25, -0.2) is 9.79 Å². The van der Waals surface area contributed by atoms with Crippen LogP contribution in [0.4, 0.5) is 0 Å². The zero-order chi connectivity index (χ0) is 20.2. The molecule has 3 aromatic carbocycles. The summed E-state index contributed by atoms with van der Waals surface area (Å²) in [4.78, 5) is 16.6. The van der Waals surface area contributed by atoms with E-state index in [0.29, 0.717) is 12.5 Å². The minimum atomic E-state index is -0.467. The first-order chi connectivity index (χ1) is 14.1. The van der Waals surface area contributed by atoms with Crippen LogP contribution in [0, 0.1) is 3.57 Å². The molecule has 0 spiro atoms. The van der Waals surface area contributed by atoms with Crippen molar-refractivity contribution in [2.75, 3.05) is 0 Å². The summed E-state index contributed by atoms with van der Waals surface area (Å²) in [6, 6.07) is 23.2. The third kappa shape index (κ3) is 4.94. The fourth-order valence-corrected chi connectivity index (χ4v) is 3.47. The number of halogens is 2. The molecule has 1 heterocycles. The molecular weight excluding hydrogens is 545 g/mol. The maximum atomic E-state index is 12.3. The summed E-state index contributed by atoms with van der Waals surface area (Å²) < 4.78 is 13.2. The van der Waals surface area contributed by atoms with Gasteiger partial charge in [0.2, 0.25) is 5.90 Å². The van der Waals surface area contributed by atoms with E-state index in [4.69, 9.17) is 9.47 Å². The second-order valence-corrected chi connectivity index (χ2v) is 8.33. The third-order valence-corrected chi connectivity index (χ3v) is 6.53. The van der Waals surface area contributed by atoms with E-state index in [1.54, 1.807) is 6.08 Å². The smallest absolute Gasteiger partial charge is 0.363 e. The largest absolute Gasteiger partial charge is 0.489 e. The van der Waals surface area contributed by atoms with Gasteiger partial charge in [0.05, 0.1) is 0 Å². The predicted octanol–water partition coefficient (Wildman–Crippen LogP) is 5.98. The molecule has 0 amide bonds. The zero-order valence-corrected chi connectivity index (χ0v) is 18.9. The summed E-state index contributed by atoms with van der Waals surface area (Å²) in [5.74, 6) is 0.556. The van der Waals surface area contributed by atoms with Crippen LogP contribution in [0.2, 0.25) is 0 Å². The average Bonchev–Trinajstić information content (AvgIpc) is 3.10. The maximum Gasteiger partial charge on any atom is 0.363 e. The van der Waals surface area contributed by atoms with Gasteiger partial charge in [-0.15, -0.1) is 0 Å². The van der Waals surface area contributed by atoms with Crippen molar-refractivity contribution in [3.63, 3.8) is 0 Å². The lowest BCUT2D eigenvalue weighted by Crippen LogP contribution is -2.05. The number of esters is 1. The van der Waals surface area contributed by atoms with Crippen molar-refractivity contribution in [1.29, 1.82) is 0 Å². The topological polar surface area (TPSA) is 47.9 Å². The number of carbonyl (C=O) groups excluding carboxylic acids is 1. The second-order valence-electron chi connectivity index (χ2n) is 6.31. The average molecular weight is 560 g/mol. The van der Waals surface area contributed by atoms with E-state index in [9.17, 15) is 4.79 Å². The van der Waals surface area contributed by atoms with E-state index in [-0.39, 0.29) is 5.70 Å². The molecular formula is C23H15BrINO3. The number of benzene rings is 3. The fourth-order valence-electron chi connectivity index (χ4n) is 2.75. The first-order valence-corrected chi connectivity index (χ1v) is 10.7. The van der Waals surface area contributed by atoms with Gasteiger partial charge in [-0.2, -0.15) is 0 Å². The van der Waals surface area contributed by atoms with Gasteiger partial charge in [-0.3, -0.25) is 0 Å². The van der Waals surface area contributed by atoms with Crippen LogP contribution in [0.5, 0.6) is 5.75 Å². The standard InChI is InChI=1S/C23H15BrINO3/c24-19-13-17(9-10-20(19)25)22-26-21(23(27)29-22)12-16-7-4-8-18(11-16)28-14-15-5-2-1-3-6-15/h1-13H,14H2/b21-12-. The highest BCUT2D eigenvalue weighted by Gasteiger charge is 2.24. The van der Waals surface area contributed by atoms with Crippen molar-refractivity contribution in [2.24, 2.45) is 4.99 Å². The SMILES string of the molecule is O=C1OC(c2ccc(I)c(Br)c2)=N/C1=C\c1cccc(OCc2ccccc2)c1. The number of hydrogen-bond acceptors (Lipinski definition) is 4. The van der Waals surface area contributed by atoms with Gasteiger partial charge in [0, 0.05) is 13.6 Å². The molecule has 0 aromatic heterocycles. The summed E-state index contributed by atoms with van der Waals surface area (Å²) >= 11 is 5.71. The molecule has 1 aliphatic heterocycles. The fraction of sp³-hybridized carbons (Fsp3) is 0.0435. The highest BCUT2D eigenvalue weighted by atomic mass is 127. The summed E-state index contributed by atoms with van der Waals surface area (Å²) in [6.07, 6.45) is 1.70. The van der Waals surface area contributed by atoms with Gasteiger partial charge < -0.3 is 9.47 Å². The number of carbonyl (C=O) groups is 1. The Kier molecular flexibility index (Phi) is 6.10. The minimum absolute atomic E-state index is 0.259. The van der Waals surface area contributed by atoms with Crippen molar-refractivity contribution < 1.29 is 14.3 Å². The molecule has 29 heavy (non-hydrogen) atoms. The van der Waals surface area contributed by atoms with E-state index in [1.165, 1.54) is 0 Å². The van der Waals surface area contributed by atoms with Crippen LogP contribution in [0.15, 0.2) is 88.0 Å². The number of nitrogens with zero attached hydrogens (tertiary/aromatic N) is 1. The summed E-state index contributed by atoms with van der Waals surface area (Å²) in [6.45, 7) is 0.479. The Labute approximate surface area is 190 Å². The first kappa shape index (κ1) is 19.8. The molecule has 6 heteroatoms. The van der Waals surface area contributed by atoms with E-state index in [1.807, 2.05) is 72.8 Å². The Morgan fingerprint density at radius 2 is 1.86 bits per heavy atom. The lowest BCUT2D eigenvalue weighted by molar-refractivity contribution is -0.129. The van der Waals surface area contributed by atoms with Crippen LogP contribution >= 0.6 is 38.5 Å². The lowest BCUT2D eigenvalue weighted by atomic mass is 10.2. The maximum absolute atomic E-state index is 12.3. The van der Waals surface area contributed by atoms with Gasteiger partial charge in [0.1, 0.15) is 12.4 Å². The summed E-state index contributed by atoms with van der Waals surface area (Å²) in [7, 11) is 0. The number of cyclic esters (lactones) is 1. The van der Waals surface area contributed by atoms with E-state index >= 15 is 0 Å². The van der Waals surface area contributed by atoms with Crippen LogP contribution in [0.25, 0.3) is 6.08 Å². The molecule has 0 bridgehead atoms. The Bertz CT molecular complexity index is 1130. The van der Waals surface area contributed by atoms with Crippen molar-refractivity contribution >= 4 is 56.5 Å². The third-order valence-electron chi connectivity index (χ3n) is 4.20. The Hall–Kier alpha value is -2.45. The molecule has 0 unspecified atom stereocenters. The van der Waals surface area contributed by atoms with E-state index in [0.717, 1.165) is 30.5 Å². The molecule has 4 rings (SSSR count). The van der Waals surface area contributed by atoms with Crippen molar-refractivity contribution in [3.8, 4) is 5.75 Å². The quantitative estimate of drug-likeness (QED) is 0.219. The summed E-state index contributed by atoms with van der Waals surface area (Å²) in [5, 5.41) is 0. The molecule has 0 fully saturated rings. The molecule has 0 radical (unpaired) electrons. The van der Waals surface area contributed by atoms with Crippen molar-refractivity contribution in [3.05, 3.63) is 103 Å². The van der Waals surface area contributed by atoms with Gasteiger partial charge in [0.15, 0.2) is 5.70 Å². The monoisotopic (exact) mass is 559 g/mol. The van der Waals surface area contributed by atoms with Gasteiger partial charge in [0.25, 0.3) is 0 Å². The molecule has 0 saturated heterocycles. The molecule has 0 saturated carbocycles. The Balaban J connectivity index is 1.53. The first-order valence-electron chi connectivity index (χ1n) is 8.83. The van der Waals surface area contributed by atoms with Crippen LogP contribution in [0.3, 0.4) is 0 Å². The number of hydrogen-bond donors (Lipinski definition) is 0. The Morgan fingerprint density at radius 1 is 1.03 bits per heavy atom. The minimum Gasteiger partial charge on any atom is -0.489 e. The van der Waals surface area contributed by atoms with Crippen LogP contribution in [0.1, 0.15) is 16.7 Å². The summed E-state index contributed by atoms with van der Waals surface area (Å²) in [5.41, 5.74) is 2.91. The van der Waals surface area contributed by atoms with Gasteiger partial charge in [-0.1, -0.05) is 42.5 Å². The van der Waals surface area contributed by atoms with Crippen LogP contribution in [-0.2, 0) is 16.1 Å². The van der Waals surface area contributed by atoms with E-state index < -0.39 is 5.97 Å². The number of aliphatic imine (C=N–C) groups is 1. The lowest BCUT2D eigenvalue weighted by Gasteiger charge is -2.07. The highest BCUT2D eigenvalue weighted by Crippen LogP contribution is 2.25.